The van der Waals surface area contributed by atoms with Gasteiger partial charge in [-0.15, -0.1) is 0 Å². The fraction of sp³-hybridized carbons (Fsp3) is 0.571. The van der Waals surface area contributed by atoms with Crippen molar-refractivity contribution in [3.05, 3.63) is 28.2 Å². The largest absolute Gasteiger partial charge is 0.491 e. The molecular formula is C14H22BrNO3S. The lowest BCUT2D eigenvalue weighted by Crippen LogP contribution is -2.22. The number of nitrogens with two attached hydrogens (primary N) is 1. The molecule has 114 valence electrons. The summed E-state index contributed by atoms with van der Waals surface area (Å²) in [5, 5.41) is -0.372. The summed E-state index contributed by atoms with van der Waals surface area (Å²) >= 11 is 3.43. The highest BCUT2D eigenvalue weighted by Crippen LogP contribution is 2.26. The van der Waals surface area contributed by atoms with Crippen LogP contribution in [-0.4, -0.2) is 32.1 Å². The molecule has 0 aliphatic carbocycles. The minimum absolute atomic E-state index is 0.0265. The van der Waals surface area contributed by atoms with E-state index in [0.29, 0.717) is 5.75 Å². The Morgan fingerprint density at radius 3 is 2.45 bits per heavy atom. The summed E-state index contributed by atoms with van der Waals surface area (Å²) in [5.41, 5.74) is 6.88. The second-order valence-corrected chi connectivity index (χ2v) is 8.74. The molecule has 0 aliphatic rings. The van der Waals surface area contributed by atoms with Gasteiger partial charge in [0.05, 0.1) is 15.5 Å². The van der Waals surface area contributed by atoms with E-state index in [1.54, 1.807) is 13.8 Å². The van der Waals surface area contributed by atoms with Crippen molar-refractivity contribution in [1.82, 2.24) is 0 Å². The topological polar surface area (TPSA) is 69.4 Å². The van der Waals surface area contributed by atoms with E-state index in [9.17, 15) is 8.42 Å². The van der Waals surface area contributed by atoms with Gasteiger partial charge in [0, 0.05) is 6.04 Å². The molecular weight excluding hydrogens is 342 g/mol. The molecule has 1 aromatic rings. The molecule has 0 aliphatic heterocycles. The zero-order chi connectivity index (χ0) is 15.3. The Bertz CT molecular complexity index is 541. The van der Waals surface area contributed by atoms with Gasteiger partial charge in [0.2, 0.25) is 0 Å². The third-order valence-corrected chi connectivity index (χ3v) is 5.69. The Morgan fingerprint density at radius 2 is 1.95 bits per heavy atom. The van der Waals surface area contributed by atoms with Crippen molar-refractivity contribution in [2.75, 3.05) is 12.4 Å². The van der Waals surface area contributed by atoms with E-state index in [2.05, 4.69) is 15.9 Å². The lowest BCUT2D eigenvalue weighted by molar-refractivity contribution is 0.338. The molecule has 0 saturated carbocycles. The van der Waals surface area contributed by atoms with E-state index in [-0.39, 0.29) is 23.7 Å². The van der Waals surface area contributed by atoms with Crippen molar-refractivity contribution in [2.24, 2.45) is 5.73 Å². The van der Waals surface area contributed by atoms with Crippen LogP contribution in [0.15, 0.2) is 22.7 Å². The van der Waals surface area contributed by atoms with Crippen molar-refractivity contribution in [3.63, 3.8) is 0 Å². The molecule has 1 atom stereocenters. The quantitative estimate of drug-likeness (QED) is 0.807. The first-order chi connectivity index (χ1) is 9.22. The van der Waals surface area contributed by atoms with Gasteiger partial charge >= 0.3 is 0 Å². The average Bonchev–Trinajstić information content (AvgIpc) is 2.30. The smallest absolute Gasteiger partial charge is 0.155 e. The average molecular weight is 364 g/mol. The minimum Gasteiger partial charge on any atom is -0.491 e. The Morgan fingerprint density at radius 1 is 1.30 bits per heavy atom. The van der Waals surface area contributed by atoms with Gasteiger partial charge in [-0.1, -0.05) is 6.07 Å². The van der Waals surface area contributed by atoms with Crippen LogP contribution >= 0.6 is 15.9 Å². The van der Waals surface area contributed by atoms with Crippen LogP contribution in [0.3, 0.4) is 0 Å². The van der Waals surface area contributed by atoms with Crippen molar-refractivity contribution in [2.45, 2.75) is 38.5 Å². The summed E-state index contributed by atoms with van der Waals surface area (Å²) in [4.78, 5) is 0. The number of halogens is 1. The second-order valence-electron chi connectivity index (χ2n) is 5.21. The monoisotopic (exact) mass is 363 g/mol. The summed E-state index contributed by atoms with van der Waals surface area (Å²) in [7, 11) is -3.06. The van der Waals surface area contributed by atoms with Gasteiger partial charge in [0.25, 0.3) is 0 Å². The number of rotatable bonds is 7. The first-order valence-electron chi connectivity index (χ1n) is 6.60. The van der Waals surface area contributed by atoms with Gasteiger partial charge in [-0.2, -0.15) is 0 Å². The maximum absolute atomic E-state index is 11.7. The molecule has 0 saturated heterocycles. The molecule has 0 bridgehead atoms. The Kier molecular flexibility index (Phi) is 6.48. The number of sulfone groups is 1. The lowest BCUT2D eigenvalue weighted by atomic mass is 10.1. The predicted octanol–water partition coefficient (Wildman–Crippen LogP) is 2.54. The third kappa shape index (κ3) is 5.42. The fourth-order valence-corrected chi connectivity index (χ4v) is 2.99. The molecule has 0 aromatic heterocycles. The van der Waals surface area contributed by atoms with Crippen molar-refractivity contribution >= 4 is 25.8 Å². The Balaban J connectivity index is 2.61. The number of ether oxygens (including phenoxy) is 1. The van der Waals surface area contributed by atoms with Crippen LogP contribution in [-0.2, 0) is 16.3 Å². The number of hydrogen-bond acceptors (Lipinski definition) is 4. The molecule has 0 fully saturated rings. The maximum Gasteiger partial charge on any atom is 0.155 e. The normalized spacial score (nSPS) is 13.5. The van der Waals surface area contributed by atoms with Gasteiger partial charge < -0.3 is 10.5 Å². The van der Waals surface area contributed by atoms with E-state index >= 15 is 0 Å². The molecule has 0 spiro atoms. The molecule has 0 heterocycles. The van der Waals surface area contributed by atoms with Crippen LogP contribution in [0.1, 0.15) is 26.3 Å². The highest BCUT2D eigenvalue weighted by molar-refractivity contribution is 9.10. The van der Waals surface area contributed by atoms with Crippen LogP contribution < -0.4 is 10.5 Å². The SMILES string of the molecule is CC(N)Cc1ccc(OCCS(=O)(=O)C(C)C)c(Br)c1. The molecule has 6 heteroatoms. The highest BCUT2D eigenvalue weighted by Gasteiger charge is 2.16. The van der Waals surface area contributed by atoms with Crippen LogP contribution in [0.25, 0.3) is 0 Å². The highest BCUT2D eigenvalue weighted by atomic mass is 79.9. The molecule has 0 radical (unpaired) electrons. The van der Waals surface area contributed by atoms with Gasteiger partial charge in [-0.05, 0) is 60.8 Å². The first-order valence-corrected chi connectivity index (χ1v) is 9.11. The molecule has 4 nitrogen and oxygen atoms in total. The lowest BCUT2D eigenvalue weighted by Gasteiger charge is -2.12. The zero-order valence-electron chi connectivity index (χ0n) is 12.1. The molecule has 1 aromatic carbocycles. The van der Waals surface area contributed by atoms with E-state index in [0.717, 1.165) is 16.5 Å². The van der Waals surface area contributed by atoms with E-state index < -0.39 is 9.84 Å². The van der Waals surface area contributed by atoms with Crippen LogP contribution in [0.2, 0.25) is 0 Å². The summed E-state index contributed by atoms with van der Waals surface area (Å²) in [6.07, 6.45) is 0.792. The second kappa shape index (κ2) is 7.43. The van der Waals surface area contributed by atoms with Crippen LogP contribution in [0, 0.1) is 0 Å². The van der Waals surface area contributed by atoms with Crippen molar-refractivity contribution in [3.8, 4) is 5.75 Å². The molecule has 1 rings (SSSR count). The zero-order valence-corrected chi connectivity index (χ0v) is 14.5. The first kappa shape index (κ1) is 17.5. The van der Waals surface area contributed by atoms with Gasteiger partial charge in [-0.25, -0.2) is 8.42 Å². The summed E-state index contributed by atoms with van der Waals surface area (Å²) in [6.45, 7) is 5.46. The van der Waals surface area contributed by atoms with E-state index in [1.807, 2.05) is 25.1 Å². The summed E-state index contributed by atoms with van der Waals surface area (Å²) in [5.74, 6) is 0.677. The van der Waals surface area contributed by atoms with Crippen LogP contribution in [0.4, 0.5) is 0 Å². The number of benzene rings is 1. The Labute approximate surface area is 129 Å². The van der Waals surface area contributed by atoms with Crippen LogP contribution in [0.5, 0.6) is 5.75 Å². The van der Waals surface area contributed by atoms with Gasteiger partial charge in [0.1, 0.15) is 12.4 Å². The summed E-state index contributed by atoms with van der Waals surface area (Å²) in [6, 6.07) is 5.84. The third-order valence-electron chi connectivity index (χ3n) is 2.90. The standard InChI is InChI=1S/C14H22BrNO3S/c1-10(2)20(17,18)7-6-19-14-5-4-12(8-11(3)16)9-13(14)15/h4-5,9-11H,6-8,16H2,1-3H3. The molecule has 2 N–H and O–H groups in total. The number of hydrogen-bond donors (Lipinski definition) is 1. The molecule has 0 amide bonds. The van der Waals surface area contributed by atoms with E-state index in [1.165, 1.54) is 0 Å². The van der Waals surface area contributed by atoms with Gasteiger partial charge in [0.15, 0.2) is 9.84 Å². The molecule has 20 heavy (non-hydrogen) atoms. The minimum atomic E-state index is -3.06. The molecule has 1 unspecified atom stereocenters. The van der Waals surface area contributed by atoms with Gasteiger partial charge in [-0.3, -0.25) is 0 Å². The summed E-state index contributed by atoms with van der Waals surface area (Å²) < 4.78 is 29.7. The van der Waals surface area contributed by atoms with E-state index in [4.69, 9.17) is 10.5 Å². The van der Waals surface area contributed by atoms with Crippen molar-refractivity contribution in [1.29, 1.82) is 0 Å². The van der Waals surface area contributed by atoms with Crippen molar-refractivity contribution < 1.29 is 13.2 Å². The Hall–Kier alpha value is -0.590. The predicted molar refractivity (Wildman–Crippen MR) is 85.9 cm³/mol. The fourth-order valence-electron chi connectivity index (χ4n) is 1.66. The maximum atomic E-state index is 11.7.